The van der Waals surface area contributed by atoms with Crippen molar-refractivity contribution in [2.24, 2.45) is 0 Å². The minimum absolute atomic E-state index is 0.00461. The number of piperazine rings is 1. The van der Waals surface area contributed by atoms with Crippen molar-refractivity contribution in [3.63, 3.8) is 0 Å². The third-order valence-corrected chi connectivity index (χ3v) is 4.34. The highest BCUT2D eigenvalue weighted by Gasteiger charge is 2.26. The second-order valence-electron chi connectivity index (χ2n) is 6.03. The van der Waals surface area contributed by atoms with Crippen LogP contribution < -0.4 is 5.32 Å². The Morgan fingerprint density at radius 1 is 1.14 bits per heavy atom. The van der Waals surface area contributed by atoms with Crippen LogP contribution in [0.4, 0.5) is 5.69 Å². The van der Waals surface area contributed by atoms with E-state index in [2.05, 4.69) is 10.2 Å². The van der Waals surface area contributed by atoms with Gasteiger partial charge in [0.1, 0.15) is 0 Å². The molecule has 1 fully saturated rings. The number of carbonyl (C=O) groups is 2. The smallest absolute Gasteiger partial charge is 0.241 e. The lowest BCUT2D eigenvalue weighted by atomic mass is 10.1. The third-order valence-electron chi connectivity index (χ3n) is 4.34. The lowest BCUT2D eigenvalue weighted by Gasteiger charge is -2.37. The normalized spacial score (nSPS) is 17.2. The Hall–Kier alpha value is -1.88. The Morgan fingerprint density at radius 2 is 1.77 bits per heavy atom. The number of hydrogen-bond donors (Lipinski definition) is 1. The summed E-state index contributed by atoms with van der Waals surface area (Å²) in [4.78, 5) is 27.8. The van der Waals surface area contributed by atoms with Crippen LogP contribution in [0, 0.1) is 13.8 Å². The van der Waals surface area contributed by atoms with Crippen LogP contribution in [0.1, 0.15) is 25.0 Å². The van der Waals surface area contributed by atoms with Gasteiger partial charge >= 0.3 is 0 Å². The van der Waals surface area contributed by atoms with Gasteiger partial charge in [-0.2, -0.15) is 0 Å². The van der Waals surface area contributed by atoms with Gasteiger partial charge in [0.05, 0.1) is 6.04 Å². The summed E-state index contributed by atoms with van der Waals surface area (Å²) in [5.41, 5.74) is 3.07. The summed E-state index contributed by atoms with van der Waals surface area (Å²) in [5.74, 6) is 0.108. The summed E-state index contributed by atoms with van der Waals surface area (Å²) in [6.45, 7) is 10.4. The molecular weight excluding hydrogens is 278 g/mol. The van der Waals surface area contributed by atoms with E-state index < -0.39 is 0 Å². The first-order chi connectivity index (χ1) is 10.4. The quantitative estimate of drug-likeness (QED) is 0.926. The van der Waals surface area contributed by atoms with E-state index in [0.717, 1.165) is 29.9 Å². The molecule has 2 amide bonds. The number of benzene rings is 1. The molecule has 5 heteroatoms. The number of nitrogens with one attached hydrogen (secondary N) is 1. The molecule has 2 rings (SSSR count). The zero-order valence-electron chi connectivity index (χ0n) is 13.8. The number of rotatable bonds is 3. The maximum atomic E-state index is 12.5. The maximum Gasteiger partial charge on any atom is 0.241 e. The van der Waals surface area contributed by atoms with Crippen molar-refractivity contribution < 1.29 is 9.59 Å². The van der Waals surface area contributed by atoms with E-state index in [4.69, 9.17) is 0 Å². The van der Waals surface area contributed by atoms with Crippen molar-refractivity contribution in [1.29, 1.82) is 0 Å². The standard InChI is InChI=1S/C17H25N3O2/c1-12-5-6-13(2)16(11-12)18-17(22)14(3)19-7-9-20(10-8-19)15(4)21/h5-6,11,14H,7-10H2,1-4H3,(H,18,22)/t14-/m0/s1. The molecular formula is C17H25N3O2. The van der Waals surface area contributed by atoms with Gasteiger partial charge in [-0.3, -0.25) is 14.5 Å². The molecule has 0 spiro atoms. The predicted octanol–water partition coefficient (Wildman–Crippen LogP) is 1.79. The van der Waals surface area contributed by atoms with Crippen molar-refractivity contribution in [3.05, 3.63) is 29.3 Å². The highest BCUT2D eigenvalue weighted by atomic mass is 16.2. The van der Waals surface area contributed by atoms with Crippen molar-refractivity contribution in [2.45, 2.75) is 33.7 Å². The van der Waals surface area contributed by atoms with E-state index in [1.54, 1.807) is 6.92 Å². The summed E-state index contributed by atoms with van der Waals surface area (Å²) in [6, 6.07) is 5.85. The summed E-state index contributed by atoms with van der Waals surface area (Å²) in [5, 5.41) is 3.02. The fourth-order valence-corrected chi connectivity index (χ4v) is 2.70. The van der Waals surface area contributed by atoms with Crippen LogP contribution in [0.25, 0.3) is 0 Å². The summed E-state index contributed by atoms with van der Waals surface area (Å²) >= 11 is 0. The molecule has 0 unspecified atom stereocenters. The molecule has 22 heavy (non-hydrogen) atoms. The molecule has 1 atom stereocenters. The van der Waals surface area contributed by atoms with Gasteiger partial charge in [-0.25, -0.2) is 0 Å². The van der Waals surface area contributed by atoms with E-state index in [0.29, 0.717) is 13.1 Å². The van der Waals surface area contributed by atoms with Crippen LogP contribution in [-0.2, 0) is 9.59 Å². The number of carbonyl (C=O) groups excluding carboxylic acids is 2. The zero-order chi connectivity index (χ0) is 16.3. The highest BCUT2D eigenvalue weighted by Crippen LogP contribution is 2.17. The Morgan fingerprint density at radius 3 is 2.36 bits per heavy atom. The number of aryl methyl sites for hydroxylation is 2. The predicted molar refractivity (Wildman–Crippen MR) is 87.8 cm³/mol. The molecule has 1 heterocycles. The fraction of sp³-hybridized carbons (Fsp3) is 0.529. The van der Waals surface area contributed by atoms with Crippen molar-refractivity contribution in [1.82, 2.24) is 9.80 Å². The molecule has 1 N–H and O–H groups in total. The Kier molecular flexibility index (Phi) is 5.19. The molecule has 1 aliphatic rings. The van der Waals surface area contributed by atoms with Crippen LogP contribution in [0.15, 0.2) is 18.2 Å². The van der Waals surface area contributed by atoms with E-state index in [9.17, 15) is 9.59 Å². The van der Waals surface area contributed by atoms with Gasteiger partial charge in [0.25, 0.3) is 0 Å². The van der Waals surface area contributed by atoms with E-state index in [-0.39, 0.29) is 17.9 Å². The molecule has 0 bridgehead atoms. The van der Waals surface area contributed by atoms with Crippen LogP contribution in [0.2, 0.25) is 0 Å². The summed E-state index contributed by atoms with van der Waals surface area (Å²) in [6.07, 6.45) is 0. The van der Waals surface area contributed by atoms with E-state index >= 15 is 0 Å². The second kappa shape index (κ2) is 6.92. The SMILES string of the molecule is CC(=O)N1CCN([C@@H](C)C(=O)Nc2cc(C)ccc2C)CC1. The van der Waals surface area contributed by atoms with Crippen LogP contribution >= 0.6 is 0 Å². The largest absolute Gasteiger partial charge is 0.340 e. The van der Waals surface area contributed by atoms with Crippen molar-refractivity contribution in [3.8, 4) is 0 Å². The van der Waals surface area contributed by atoms with Gasteiger partial charge in [-0.05, 0) is 38.0 Å². The average molecular weight is 303 g/mol. The van der Waals surface area contributed by atoms with Crippen LogP contribution in [0.3, 0.4) is 0 Å². The molecule has 0 aromatic heterocycles. The fourth-order valence-electron chi connectivity index (χ4n) is 2.70. The summed E-state index contributed by atoms with van der Waals surface area (Å²) in [7, 11) is 0. The van der Waals surface area contributed by atoms with Gasteiger partial charge < -0.3 is 10.2 Å². The second-order valence-corrected chi connectivity index (χ2v) is 6.03. The topological polar surface area (TPSA) is 52.7 Å². The lowest BCUT2D eigenvalue weighted by Crippen LogP contribution is -2.53. The molecule has 1 aromatic rings. The van der Waals surface area contributed by atoms with E-state index in [1.165, 1.54) is 0 Å². The first-order valence-corrected chi connectivity index (χ1v) is 7.76. The number of anilines is 1. The Bertz CT molecular complexity index is 563. The molecule has 1 saturated heterocycles. The van der Waals surface area contributed by atoms with Crippen LogP contribution in [-0.4, -0.2) is 53.8 Å². The van der Waals surface area contributed by atoms with Gasteiger partial charge in [-0.1, -0.05) is 12.1 Å². The number of nitrogens with zero attached hydrogens (tertiary/aromatic N) is 2. The molecule has 120 valence electrons. The Balaban J connectivity index is 1.95. The number of hydrogen-bond acceptors (Lipinski definition) is 3. The maximum absolute atomic E-state index is 12.5. The Labute approximate surface area is 132 Å². The minimum atomic E-state index is -0.200. The van der Waals surface area contributed by atoms with Crippen molar-refractivity contribution in [2.75, 3.05) is 31.5 Å². The first kappa shape index (κ1) is 16.5. The van der Waals surface area contributed by atoms with Gasteiger partial charge in [0.15, 0.2) is 0 Å². The van der Waals surface area contributed by atoms with Gasteiger partial charge in [0, 0.05) is 38.8 Å². The van der Waals surface area contributed by atoms with Crippen LogP contribution in [0.5, 0.6) is 0 Å². The highest BCUT2D eigenvalue weighted by molar-refractivity contribution is 5.95. The third kappa shape index (κ3) is 3.85. The first-order valence-electron chi connectivity index (χ1n) is 7.76. The zero-order valence-corrected chi connectivity index (χ0v) is 13.8. The molecule has 5 nitrogen and oxygen atoms in total. The van der Waals surface area contributed by atoms with E-state index in [1.807, 2.05) is 43.9 Å². The van der Waals surface area contributed by atoms with Gasteiger partial charge in [0.2, 0.25) is 11.8 Å². The summed E-state index contributed by atoms with van der Waals surface area (Å²) < 4.78 is 0. The number of amides is 2. The molecule has 0 radical (unpaired) electrons. The molecule has 0 saturated carbocycles. The molecule has 1 aromatic carbocycles. The molecule has 0 aliphatic carbocycles. The van der Waals surface area contributed by atoms with Gasteiger partial charge in [-0.15, -0.1) is 0 Å². The molecule has 1 aliphatic heterocycles. The lowest BCUT2D eigenvalue weighted by molar-refractivity contribution is -0.131. The average Bonchev–Trinajstić information content (AvgIpc) is 2.50. The van der Waals surface area contributed by atoms with Crippen molar-refractivity contribution >= 4 is 17.5 Å². The monoisotopic (exact) mass is 303 g/mol. The minimum Gasteiger partial charge on any atom is -0.340 e.